The summed E-state index contributed by atoms with van der Waals surface area (Å²) in [6.07, 6.45) is 3.85. The second-order valence-electron chi connectivity index (χ2n) is 8.51. The van der Waals surface area contributed by atoms with Crippen molar-refractivity contribution < 1.29 is 29.0 Å². The van der Waals surface area contributed by atoms with Crippen LogP contribution in [0.2, 0.25) is 0 Å². The van der Waals surface area contributed by atoms with Crippen LogP contribution in [0.3, 0.4) is 0 Å². The van der Waals surface area contributed by atoms with E-state index in [1.807, 2.05) is 0 Å². The van der Waals surface area contributed by atoms with Gasteiger partial charge in [0.2, 0.25) is 0 Å². The van der Waals surface area contributed by atoms with E-state index in [1.165, 1.54) is 30.3 Å². The molecule has 0 N–H and O–H groups in total. The topological polar surface area (TPSA) is 161 Å². The fraction of sp³-hybridized carbons (Fsp3) is 0.250. The number of carbonyl (C=O) groups is 4. The van der Waals surface area contributed by atoms with Crippen LogP contribution in [0.4, 0.5) is 11.4 Å². The van der Waals surface area contributed by atoms with Crippen molar-refractivity contribution in [3.8, 4) is 0 Å². The Morgan fingerprint density at radius 3 is 2.28 bits per heavy atom. The average molecular weight is 492 g/mol. The van der Waals surface area contributed by atoms with Crippen molar-refractivity contribution in [1.82, 2.24) is 10.0 Å². The van der Waals surface area contributed by atoms with Crippen LogP contribution in [0.5, 0.6) is 0 Å². The Morgan fingerprint density at radius 1 is 1.00 bits per heavy atom. The summed E-state index contributed by atoms with van der Waals surface area (Å²) >= 11 is 0. The normalized spacial score (nSPS) is 20.7. The molecule has 2 aliphatic rings. The Kier molecular flexibility index (Phi) is 6.43. The Hall–Kier alpha value is -4.74. The number of rotatable bonds is 7. The summed E-state index contributed by atoms with van der Waals surface area (Å²) in [6.45, 7) is 0.972. The zero-order chi connectivity index (χ0) is 26.1. The van der Waals surface area contributed by atoms with Crippen molar-refractivity contribution in [2.24, 2.45) is 17.8 Å². The number of non-ortho nitro benzene ring substituents is 1. The molecule has 2 aromatic carbocycles. The Labute approximate surface area is 204 Å². The molecule has 3 atom stereocenters. The van der Waals surface area contributed by atoms with Crippen molar-refractivity contribution in [3.05, 3.63) is 92.0 Å². The minimum atomic E-state index is -1.07. The van der Waals surface area contributed by atoms with Gasteiger partial charge in [0, 0.05) is 23.8 Å². The third-order valence-electron chi connectivity index (χ3n) is 6.35. The van der Waals surface area contributed by atoms with Gasteiger partial charge in [0.15, 0.2) is 5.78 Å². The van der Waals surface area contributed by atoms with Crippen LogP contribution in [-0.2, 0) is 9.59 Å². The van der Waals surface area contributed by atoms with Crippen molar-refractivity contribution in [3.63, 3.8) is 0 Å². The number of hydrazine groups is 1. The van der Waals surface area contributed by atoms with Crippen LogP contribution in [0, 0.1) is 38.0 Å². The number of nitro benzene ring substituents is 2. The van der Waals surface area contributed by atoms with Gasteiger partial charge in [0.05, 0.1) is 21.7 Å². The smallest absolute Gasteiger partial charge is 0.282 e. The molecule has 12 heteroatoms. The van der Waals surface area contributed by atoms with Gasteiger partial charge in [-0.3, -0.25) is 39.4 Å². The van der Waals surface area contributed by atoms with Crippen LogP contribution in [0.1, 0.15) is 34.1 Å². The molecule has 1 heterocycles. The van der Waals surface area contributed by atoms with Crippen LogP contribution < -0.4 is 0 Å². The molecule has 3 amide bonds. The lowest BCUT2D eigenvalue weighted by atomic mass is 9.78. The van der Waals surface area contributed by atoms with E-state index in [1.54, 1.807) is 19.1 Å². The van der Waals surface area contributed by atoms with Gasteiger partial charge in [-0.1, -0.05) is 31.2 Å². The van der Waals surface area contributed by atoms with Gasteiger partial charge in [-0.25, -0.2) is 5.01 Å². The van der Waals surface area contributed by atoms with Crippen molar-refractivity contribution in [2.45, 2.75) is 13.3 Å². The minimum absolute atomic E-state index is 0.00694. The number of nitro groups is 2. The molecule has 2 aromatic rings. The minimum Gasteiger partial charge on any atom is -0.292 e. The number of nitrogens with zero attached hydrogens (tertiary/aromatic N) is 4. The molecule has 1 aliphatic carbocycles. The molecule has 0 unspecified atom stereocenters. The molecule has 1 aliphatic heterocycles. The summed E-state index contributed by atoms with van der Waals surface area (Å²) in [6, 6.07) is 9.60. The molecule has 0 bridgehead atoms. The van der Waals surface area contributed by atoms with E-state index in [-0.39, 0.29) is 23.6 Å². The number of benzene rings is 2. The number of para-hydroxylation sites is 1. The lowest BCUT2D eigenvalue weighted by Crippen LogP contribution is -2.52. The molecular weight excluding hydrogens is 472 g/mol. The zero-order valence-electron chi connectivity index (χ0n) is 19.0. The second kappa shape index (κ2) is 9.49. The Bertz CT molecular complexity index is 1320. The van der Waals surface area contributed by atoms with Gasteiger partial charge in [-0.2, -0.15) is 5.01 Å². The van der Waals surface area contributed by atoms with Gasteiger partial charge in [0.25, 0.3) is 29.1 Å². The van der Waals surface area contributed by atoms with Crippen molar-refractivity contribution in [2.75, 3.05) is 6.54 Å². The van der Waals surface area contributed by atoms with Crippen LogP contribution in [-0.4, -0.2) is 49.9 Å². The van der Waals surface area contributed by atoms with Gasteiger partial charge >= 0.3 is 0 Å². The SMILES string of the molecule is C[C@@H]1C=CC[C@@H]2C(=O)N(N(CC(=O)c3ccc([N+](=O)[O-])cc3)C(=O)c3ccccc3[N+](=O)[O-])C(=O)[C@@H]12. The molecule has 0 radical (unpaired) electrons. The number of Topliss-reactive ketones (excluding diaryl/α,β-unsaturated/α-hetero) is 1. The fourth-order valence-electron chi connectivity index (χ4n) is 4.55. The highest BCUT2D eigenvalue weighted by Crippen LogP contribution is 2.39. The third-order valence-corrected chi connectivity index (χ3v) is 6.35. The number of amides is 3. The monoisotopic (exact) mass is 492 g/mol. The first-order chi connectivity index (χ1) is 17.1. The molecular formula is C24H20N4O8. The summed E-state index contributed by atoms with van der Waals surface area (Å²) in [5, 5.41) is 23.7. The predicted molar refractivity (Wildman–Crippen MR) is 123 cm³/mol. The first-order valence-corrected chi connectivity index (χ1v) is 11.0. The number of hydrogen-bond acceptors (Lipinski definition) is 8. The van der Waals surface area contributed by atoms with Crippen LogP contribution >= 0.6 is 0 Å². The third kappa shape index (κ3) is 4.24. The second-order valence-corrected chi connectivity index (χ2v) is 8.51. The largest absolute Gasteiger partial charge is 0.292 e. The number of fused-ring (bicyclic) bond motifs is 1. The van der Waals surface area contributed by atoms with Crippen LogP contribution in [0.25, 0.3) is 0 Å². The molecule has 1 fully saturated rings. The van der Waals surface area contributed by atoms with E-state index in [4.69, 9.17) is 0 Å². The molecule has 0 spiro atoms. The molecule has 12 nitrogen and oxygen atoms in total. The van der Waals surface area contributed by atoms with Crippen molar-refractivity contribution >= 4 is 34.9 Å². The molecule has 4 rings (SSSR count). The maximum atomic E-state index is 13.6. The van der Waals surface area contributed by atoms with E-state index in [9.17, 15) is 39.4 Å². The maximum absolute atomic E-state index is 13.6. The molecule has 184 valence electrons. The van der Waals surface area contributed by atoms with Gasteiger partial charge in [-0.15, -0.1) is 0 Å². The summed E-state index contributed by atoms with van der Waals surface area (Å²) < 4.78 is 0. The summed E-state index contributed by atoms with van der Waals surface area (Å²) in [4.78, 5) is 74.3. The molecule has 0 saturated carbocycles. The zero-order valence-corrected chi connectivity index (χ0v) is 19.0. The summed E-state index contributed by atoms with van der Waals surface area (Å²) in [7, 11) is 0. The average Bonchev–Trinajstić information content (AvgIpc) is 3.12. The van der Waals surface area contributed by atoms with Crippen molar-refractivity contribution in [1.29, 1.82) is 0 Å². The number of ketones is 1. The lowest BCUT2D eigenvalue weighted by molar-refractivity contribution is -0.385. The summed E-state index contributed by atoms with van der Waals surface area (Å²) in [5.74, 6) is -4.91. The number of allylic oxidation sites excluding steroid dienone is 2. The van der Waals surface area contributed by atoms with E-state index in [2.05, 4.69) is 0 Å². The first kappa shape index (κ1) is 24.4. The Morgan fingerprint density at radius 2 is 1.67 bits per heavy atom. The highest BCUT2D eigenvalue weighted by atomic mass is 16.6. The van der Waals surface area contributed by atoms with Gasteiger partial charge in [0.1, 0.15) is 12.1 Å². The molecule has 1 saturated heterocycles. The van der Waals surface area contributed by atoms with E-state index in [0.717, 1.165) is 18.2 Å². The number of carbonyl (C=O) groups excluding carboxylic acids is 4. The highest BCUT2D eigenvalue weighted by molar-refractivity contribution is 6.10. The lowest BCUT2D eigenvalue weighted by Gasteiger charge is -2.30. The van der Waals surface area contributed by atoms with Gasteiger partial charge < -0.3 is 0 Å². The van der Waals surface area contributed by atoms with Crippen LogP contribution in [0.15, 0.2) is 60.7 Å². The summed E-state index contributed by atoms with van der Waals surface area (Å²) in [5.41, 5.74) is -1.22. The number of hydrogen-bond donors (Lipinski definition) is 0. The van der Waals surface area contributed by atoms with E-state index >= 15 is 0 Å². The first-order valence-electron chi connectivity index (χ1n) is 11.0. The standard InChI is InChI=1S/C24H20N4O8/c1-14-5-4-7-18-21(14)24(32)26(23(18)31)25(22(30)17-6-2-3-8-19(17)28(35)36)13-20(29)15-9-11-16(12-10-15)27(33)34/h2-6,8-12,14,18,21H,7,13H2,1H3/t14-,18+,21+/m1/s1. The Balaban J connectivity index is 1.74. The quantitative estimate of drug-likeness (QED) is 0.187. The molecule has 36 heavy (non-hydrogen) atoms. The highest BCUT2D eigenvalue weighted by Gasteiger charge is 2.53. The van der Waals surface area contributed by atoms with E-state index in [0.29, 0.717) is 10.0 Å². The maximum Gasteiger partial charge on any atom is 0.282 e. The predicted octanol–water partition coefficient (Wildman–Crippen LogP) is 2.94. The number of imide groups is 1. The van der Waals surface area contributed by atoms with E-state index < -0.39 is 63.0 Å². The fourth-order valence-corrected chi connectivity index (χ4v) is 4.55. The van der Waals surface area contributed by atoms with Gasteiger partial charge in [-0.05, 0) is 30.5 Å². The molecule has 0 aromatic heterocycles.